The second kappa shape index (κ2) is 5.24. The van der Waals surface area contributed by atoms with Gasteiger partial charge in [0.25, 0.3) is 0 Å². The lowest BCUT2D eigenvalue weighted by Crippen LogP contribution is -2.16. The molecule has 1 aliphatic rings. The highest BCUT2D eigenvalue weighted by atomic mass is 16.5. The highest BCUT2D eigenvalue weighted by molar-refractivity contribution is 5.90. The highest BCUT2D eigenvalue weighted by Crippen LogP contribution is 2.31. The molecule has 0 bridgehead atoms. The number of cyclic esters (lactones) is 1. The summed E-state index contributed by atoms with van der Waals surface area (Å²) < 4.78 is 5.15. The van der Waals surface area contributed by atoms with Crippen LogP contribution in [0.5, 0.6) is 0 Å². The minimum Gasteiger partial charge on any atom is -0.459 e. The summed E-state index contributed by atoms with van der Waals surface area (Å²) in [6.45, 7) is 13.2. The first-order valence-corrected chi connectivity index (χ1v) is 6.60. The number of rotatable bonds is 3. The zero-order valence-electron chi connectivity index (χ0n) is 12.0. The maximum absolute atomic E-state index is 11.5. The van der Waals surface area contributed by atoms with Crippen molar-refractivity contribution in [3.05, 3.63) is 11.6 Å². The van der Waals surface area contributed by atoms with Crippen LogP contribution in [0.1, 0.15) is 54.4 Å². The molecule has 0 amide bonds. The van der Waals surface area contributed by atoms with Crippen LogP contribution in [0.25, 0.3) is 0 Å². The number of hydrogen-bond donors (Lipinski definition) is 0. The molecule has 1 aliphatic heterocycles. The first-order chi connectivity index (χ1) is 7.69. The Bertz CT molecular complexity index is 309. The van der Waals surface area contributed by atoms with Crippen LogP contribution in [0.2, 0.25) is 0 Å². The van der Waals surface area contributed by atoms with Crippen LogP contribution in [0, 0.1) is 17.3 Å². The van der Waals surface area contributed by atoms with E-state index in [0.29, 0.717) is 17.3 Å². The van der Waals surface area contributed by atoms with E-state index in [1.807, 2.05) is 6.92 Å². The van der Waals surface area contributed by atoms with E-state index >= 15 is 0 Å². The molecular weight excluding hydrogens is 212 g/mol. The van der Waals surface area contributed by atoms with Crippen LogP contribution >= 0.6 is 0 Å². The number of allylic oxidation sites excluding steroid dienone is 1. The molecule has 0 aromatic rings. The summed E-state index contributed by atoms with van der Waals surface area (Å²) >= 11 is 0. The van der Waals surface area contributed by atoms with Crippen molar-refractivity contribution < 1.29 is 9.53 Å². The van der Waals surface area contributed by atoms with Crippen LogP contribution in [0.4, 0.5) is 0 Å². The summed E-state index contributed by atoms with van der Waals surface area (Å²) in [4.78, 5) is 11.5. The Kier molecular flexibility index (Phi) is 4.40. The van der Waals surface area contributed by atoms with Crippen molar-refractivity contribution in [3.8, 4) is 0 Å². The number of hydrogen-bond acceptors (Lipinski definition) is 2. The molecule has 0 spiro atoms. The molecule has 0 aromatic carbocycles. The van der Waals surface area contributed by atoms with Crippen LogP contribution in [0.3, 0.4) is 0 Å². The molecule has 0 radical (unpaired) electrons. The molecule has 3 atom stereocenters. The maximum Gasteiger partial charge on any atom is 0.334 e. The molecule has 3 unspecified atom stereocenters. The number of carbonyl (C=O) groups is 1. The summed E-state index contributed by atoms with van der Waals surface area (Å²) in [6.07, 6.45) is 4.11. The van der Waals surface area contributed by atoms with Crippen molar-refractivity contribution >= 4 is 5.97 Å². The van der Waals surface area contributed by atoms with Crippen molar-refractivity contribution in [1.82, 2.24) is 0 Å². The minimum atomic E-state index is -0.118. The summed E-state index contributed by atoms with van der Waals surface area (Å²) in [5.41, 5.74) is 1.21. The Morgan fingerprint density at radius 3 is 2.41 bits per heavy atom. The number of esters is 1. The average molecular weight is 238 g/mol. The van der Waals surface area contributed by atoms with Gasteiger partial charge in [-0.05, 0) is 30.6 Å². The smallest absolute Gasteiger partial charge is 0.334 e. The molecule has 17 heavy (non-hydrogen) atoms. The summed E-state index contributed by atoms with van der Waals surface area (Å²) in [5, 5.41) is 0. The van der Waals surface area contributed by atoms with Gasteiger partial charge in [0.15, 0.2) is 0 Å². The SMILES string of the molecule is CC1C/C(=C/C(C)C(C)CC(C)(C)C)C(=O)O1. The van der Waals surface area contributed by atoms with Crippen molar-refractivity contribution in [2.45, 2.75) is 60.5 Å². The quantitative estimate of drug-likeness (QED) is 0.549. The second-order valence-corrected chi connectivity index (χ2v) is 6.71. The standard InChI is InChI=1S/C15H26O2/c1-10(11(2)9-15(4,5)6)7-13-8-12(3)17-14(13)16/h7,10-12H,8-9H2,1-6H3/b13-7-. The Labute approximate surface area is 105 Å². The molecule has 0 N–H and O–H groups in total. The fraction of sp³-hybridized carbons (Fsp3) is 0.800. The van der Waals surface area contributed by atoms with Gasteiger partial charge < -0.3 is 4.74 Å². The minimum absolute atomic E-state index is 0.0545. The monoisotopic (exact) mass is 238 g/mol. The Balaban J connectivity index is 2.62. The first kappa shape index (κ1) is 14.3. The van der Waals surface area contributed by atoms with Gasteiger partial charge in [-0.2, -0.15) is 0 Å². The molecule has 0 aliphatic carbocycles. The normalized spacial score (nSPS) is 27.1. The van der Waals surface area contributed by atoms with Gasteiger partial charge in [-0.1, -0.05) is 40.7 Å². The van der Waals surface area contributed by atoms with E-state index in [9.17, 15) is 4.79 Å². The molecule has 1 rings (SSSR count). The van der Waals surface area contributed by atoms with Gasteiger partial charge >= 0.3 is 5.97 Å². The molecule has 0 saturated carbocycles. The van der Waals surface area contributed by atoms with Crippen LogP contribution in [-0.2, 0) is 9.53 Å². The summed E-state index contributed by atoms with van der Waals surface area (Å²) in [6, 6.07) is 0. The van der Waals surface area contributed by atoms with Gasteiger partial charge in [0.2, 0.25) is 0 Å². The lowest BCUT2D eigenvalue weighted by Gasteiger charge is -2.26. The van der Waals surface area contributed by atoms with E-state index in [-0.39, 0.29) is 12.1 Å². The number of ether oxygens (including phenoxy) is 1. The molecule has 2 heteroatoms. The Morgan fingerprint density at radius 1 is 1.41 bits per heavy atom. The topological polar surface area (TPSA) is 26.3 Å². The molecule has 98 valence electrons. The van der Waals surface area contributed by atoms with Crippen LogP contribution < -0.4 is 0 Å². The van der Waals surface area contributed by atoms with E-state index in [4.69, 9.17) is 4.74 Å². The van der Waals surface area contributed by atoms with Gasteiger partial charge in [0.05, 0.1) is 0 Å². The Morgan fingerprint density at radius 2 is 2.00 bits per heavy atom. The van der Waals surface area contributed by atoms with E-state index in [1.54, 1.807) is 0 Å². The first-order valence-electron chi connectivity index (χ1n) is 6.60. The lowest BCUT2D eigenvalue weighted by atomic mass is 9.79. The van der Waals surface area contributed by atoms with Crippen LogP contribution in [0.15, 0.2) is 11.6 Å². The second-order valence-electron chi connectivity index (χ2n) is 6.71. The van der Waals surface area contributed by atoms with E-state index in [0.717, 1.165) is 12.0 Å². The molecule has 1 fully saturated rings. The molecular formula is C15H26O2. The zero-order chi connectivity index (χ0) is 13.2. The fourth-order valence-electron chi connectivity index (χ4n) is 2.46. The van der Waals surface area contributed by atoms with E-state index in [2.05, 4.69) is 40.7 Å². The fourth-order valence-corrected chi connectivity index (χ4v) is 2.46. The van der Waals surface area contributed by atoms with Crippen molar-refractivity contribution in [2.75, 3.05) is 0 Å². The third kappa shape index (κ3) is 4.53. The predicted octanol–water partition coefficient (Wildman–Crippen LogP) is 3.96. The zero-order valence-corrected chi connectivity index (χ0v) is 12.0. The largest absolute Gasteiger partial charge is 0.459 e. The lowest BCUT2D eigenvalue weighted by molar-refractivity contribution is -0.138. The van der Waals surface area contributed by atoms with Crippen molar-refractivity contribution in [2.24, 2.45) is 17.3 Å². The van der Waals surface area contributed by atoms with E-state index in [1.165, 1.54) is 6.42 Å². The third-order valence-electron chi connectivity index (χ3n) is 3.37. The molecule has 1 saturated heterocycles. The summed E-state index contributed by atoms with van der Waals surface area (Å²) in [5.74, 6) is 0.903. The van der Waals surface area contributed by atoms with Crippen LogP contribution in [-0.4, -0.2) is 12.1 Å². The summed E-state index contributed by atoms with van der Waals surface area (Å²) in [7, 11) is 0. The molecule has 2 nitrogen and oxygen atoms in total. The molecule has 0 aromatic heterocycles. The van der Waals surface area contributed by atoms with E-state index < -0.39 is 0 Å². The highest BCUT2D eigenvalue weighted by Gasteiger charge is 2.27. The average Bonchev–Trinajstić information content (AvgIpc) is 2.42. The number of carbonyl (C=O) groups excluding carboxylic acids is 1. The van der Waals surface area contributed by atoms with Gasteiger partial charge in [-0.25, -0.2) is 4.79 Å². The van der Waals surface area contributed by atoms with Gasteiger partial charge in [0.1, 0.15) is 6.10 Å². The van der Waals surface area contributed by atoms with Gasteiger partial charge in [-0.15, -0.1) is 0 Å². The maximum atomic E-state index is 11.5. The Hall–Kier alpha value is -0.790. The van der Waals surface area contributed by atoms with Crippen molar-refractivity contribution in [1.29, 1.82) is 0 Å². The molecule has 1 heterocycles. The van der Waals surface area contributed by atoms with Gasteiger partial charge in [0, 0.05) is 12.0 Å². The third-order valence-corrected chi connectivity index (χ3v) is 3.37. The predicted molar refractivity (Wildman–Crippen MR) is 70.7 cm³/mol. The van der Waals surface area contributed by atoms with Gasteiger partial charge in [-0.3, -0.25) is 0 Å². The van der Waals surface area contributed by atoms with Crippen molar-refractivity contribution in [3.63, 3.8) is 0 Å².